The smallest absolute Gasteiger partial charge is 0.310 e. The molecule has 0 spiro atoms. The molecule has 1 aliphatic rings. The molecule has 1 rings (SSSR count). The second-order valence-electron chi connectivity index (χ2n) is 3.48. The first-order valence-electron chi connectivity index (χ1n) is 4.23. The van der Waals surface area contributed by atoms with Gasteiger partial charge in [-0.3, -0.25) is 4.79 Å². The topological polar surface area (TPSA) is 83.5 Å². The summed E-state index contributed by atoms with van der Waals surface area (Å²) >= 11 is 0. The molecule has 0 aromatic rings. The van der Waals surface area contributed by atoms with Crippen LogP contribution in [0.4, 0.5) is 0 Å². The van der Waals surface area contributed by atoms with Gasteiger partial charge in [0.25, 0.3) is 0 Å². The van der Waals surface area contributed by atoms with Crippen molar-refractivity contribution < 1.29 is 18.3 Å². The minimum Gasteiger partial charge on any atom is -0.481 e. The fourth-order valence-corrected chi connectivity index (χ4v) is 2.00. The Labute approximate surface area is 82.9 Å². The zero-order valence-electron chi connectivity index (χ0n) is 7.69. The Kier molecular flexibility index (Phi) is 2.96. The van der Waals surface area contributed by atoms with E-state index >= 15 is 0 Å². The lowest BCUT2D eigenvalue weighted by atomic mass is 10.1. The summed E-state index contributed by atoms with van der Waals surface area (Å²) in [6, 6.07) is 0. The van der Waals surface area contributed by atoms with Crippen molar-refractivity contribution >= 4 is 16.0 Å². The normalized spacial score (nSPS) is 18.9. The lowest BCUT2D eigenvalue weighted by molar-refractivity contribution is -0.142. The molecule has 1 fully saturated rings. The molecule has 80 valence electrons. The predicted molar refractivity (Wildman–Crippen MR) is 51.3 cm³/mol. The van der Waals surface area contributed by atoms with Gasteiger partial charge in [0, 0.05) is 6.54 Å². The van der Waals surface area contributed by atoms with Crippen LogP contribution in [0.1, 0.15) is 12.8 Å². The molecule has 0 saturated heterocycles. The molecule has 14 heavy (non-hydrogen) atoms. The van der Waals surface area contributed by atoms with Crippen molar-refractivity contribution in [3.05, 3.63) is 12.7 Å². The Morgan fingerprint density at radius 2 is 2.14 bits per heavy atom. The summed E-state index contributed by atoms with van der Waals surface area (Å²) in [4.78, 5) is 10.7. The van der Waals surface area contributed by atoms with Crippen LogP contribution in [0, 0.1) is 5.41 Å². The molecule has 0 heterocycles. The van der Waals surface area contributed by atoms with Crippen LogP contribution in [0.25, 0.3) is 0 Å². The van der Waals surface area contributed by atoms with Gasteiger partial charge in [0.05, 0.1) is 11.2 Å². The van der Waals surface area contributed by atoms with E-state index in [1.807, 2.05) is 0 Å². The molecule has 5 nitrogen and oxygen atoms in total. The maximum Gasteiger partial charge on any atom is 0.310 e. The van der Waals surface area contributed by atoms with Crippen LogP contribution in [0.3, 0.4) is 0 Å². The molecular formula is C8H13NO4S. The van der Waals surface area contributed by atoms with E-state index in [1.165, 1.54) is 6.08 Å². The van der Waals surface area contributed by atoms with E-state index in [-0.39, 0.29) is 12.3 Å². The van der Waals surface area contributed by atoms with Gasteiger partial charge in [-0.15, -0.1) is 6.58 Å². The standard InChI is InChI=1S/C8H13NO4S/c1-2-5-14(12,13)9-6-8(3-4-8)7(10)11/h2,9H,1,3-6H2,(H,10,11). The fourth-order valence-electron chi connectivity index (χ4n) is 1.08. The Balaban J connectivity index is 2.49. The number of carboxylic acid groups (broad SMARTS) is 1. The largest absolute Gasteiger partial charge is 0.481 e. The van der Waals surface area contributed by atoms with Gasteiger partial charge >= 0.3 is 5.97 Å². The average molecular weight is 219 g/mol. The molecule has 0 unspecified atom stereocenters. The quantitative estimate of drug-likeness (QED) is 0.614. The Morgan fingerprint density at radius 1 is 1.57 bits per heavy atom. The van der Waals surface area contributed by atoms with E-state index in [0.29, 0.717) is 12.8 Å². The lowest BCUT2D eigenvalue weighted by Gasteiger charge is -2.10. The molecule has 0 radical (unpaired) electrons. The molecule has 6 heteroatoms. The van der Waals surface area contributed by atoms with Crippen LogP contribution in [0.15, 0.2) is 12.7 Å². The van der Waals surface area contributed by atoms with Crippen molar-refractivity contribution in [2.75, 3.05) is 12.3 Å². The molecule has 0 aromatic carbocycles. The maximum atomic E-state index is 11.2. The maximum absolute atomic E-state index is 11.2. The van der Waals surface area contributed by atoms with E-state index in [1.54, 1.807) is 0 Å². The monoisotopic (exact) mass is 219 g/mol. The third-order valence-electron chi connectivity index (χ3n) is 2.27. The SMILES string of the molecule is C=CCS(=O)(=O)NCC1(C(=O)O)CC1. The second-order valence-corrected chi connectivity index (χ2v) is 5.33. The van der Waals surface area contributed by atoms with Crippen molar-refractivity contribution in [3.8, 4) is 0 Å². The summed E-state index contributed by atoms with van der Waals surface area (Å²) in [5.41, 5.74) is -0.853. The molecule has 2 N–H and O–H groups in total. The summed E-state index contributed by atoms with van der Waals surface area (Å²) < 4.78 is 24.6. The van der Waals surface area contributed by atoms with Crippen molar-refractivity contribution in [1.82, 2.24) is 4.72 Å². The van der Waals surface area contributed by atoms with Crippen LogP contribution >= 0.6 is 0 Å². The van der Waals surface area contributed by atoms with Crippen molar-refractivity contribution in [2.24, 2.45) is 5.41 Å². The van der Waals surface area contributed by atoms with Crippen molar-refractivity contribution in [3.63, 3.8) is 0 Å². The number of nitrogens with one attached hydrogen (secondary N) is 1. The molecule has 1 aliphatic carbocycles. The zero-order valence-corrected chi connectivity index (χ0v) is 8.51. The molecule has 0 atom stereocenters. The van der Waals surface area contributed by atoms with Gasteiger partial charge in [0.15, 0.2) is 0 Å². The molecular weight excluding hydrogens is 206 g/mol. The summed E-state index contributed by atoms with van der Waals surface area (Å²) in [6.45, 7) is 3.29. The van der Waals surface area contributed by atoms with Crippen LogP contribution in [0.2, 0.25) is 0 Å². The Bertz CT molecular complexity index is 342. The van der Waals surface area contributed by atoms with Gasteiger partial charge in [-0.2, -0.15) is 0 Å². The third kappa shape index (κ3) is 2.55. The minimum atomic E-state index is -3.39. The highest BCUT2D eigenvalue weighted by atomic mass is 32.2. The number of sulfonamides is 1. The minimum absolute atomic E-state index is 0.0154. The van der Waals surface area contributed by atoms with Gasteiger partial charge in [0.2, 0.25) is 10.0 Å². The van der Waals surface area contributed by atoms with E-state index < -0.39 is 21.4 Å². The summed E-state index contributed by atoms with van der Waals surface area (Å²) in [7, 11) is -3.39. The van der Waals surface area contributed by atoms with Gasteiger partial charge in [-0.05, 0) is 12.8 Å². The van der Waals surface area contributed by atoms with E-state index in [0.717, 1.165) is 0 Å². The molecule has 0 aromatic heterocycles. The summed E-state index contributed by atoms with van der Waals surface area (Å²) in [5, 5.41) is 8.78. The number of hydrogen-bond acceptors (Lipinski definition) is 3. The van der Waals surface area contributed by atoms with E-state index in [4.69, 9.17) is 5.11 Å². The number of hydrogen-bond donors (Lipinski definition) is 2. The average Bonchev–Trinajstić information content (AvgIpc) is 2.81. The number of rotatable bonds is 6. The predicted octanol–water partition coefficient (Wildman–Crippen LogP) is -0.0434. The van der Waals surface area contributed by atoms with Gasteiger partial charge < -0.3 is 5.11 Å². The second kappa shape index (κ2) is 3.70. The molecule has 0 amide bonds. The third-order valence-corrected chi connectivity index (χ3v) is 3.53. The highest BCUT2D eigenvalue weighted by Crippen LogP contribution is 2.45. The summed E-state index contributed by atoms with van der Waals surface area (Å²) in [5.74, 6) is -1.11. The van der Waals surface area contributed by atoms with E-state index in [2.05, 4.69) is 11.3 Å². The zero-order chi connectivity index (χ0) is 10.8. The first-order valence-corrected chi connectivity index (χ1v) is 5.89. The van der Waals surface area contributed by atoms with Crippen molar-refractivity contribution in [1.29, 1.82) is 0 Å². The Morgan fingerprint density at radius 3 is 2.50 bits per heavy atom. The lowest BCUT2D eigenvalue weighted by Crippen LogP contribution is -2.35. The summed E-state index contributed by atoms with van der Waals surface area (Å²) in [6.07, 6.45) is 2.35. The first kappa shape index (κ1) is 11.2. The molecule has 0 aliphatic heterocycles. The highest BCUT2D eigenvalue weighted by Gasteiger charge is 2.50. The van der Waals surface area contributed by atoms with Crippen LogP contribution in [0.5, 0.6) is 0 Å². The number of carbonyl (C=O) groups is 1. The van der Waals surface area contributed by atoms with Crippen LogP contribution < -0.4 is 4.72 Å². The van der Waals surface area contributed by atoms with Crippen molar-refractivity contribution in [2.45, 2.75) is 12.8 Å². The fraction of sp³-hybridized carbons (Fsp3) is 0.625. The van der Waals surface area contributed by atoms with E-state index in [9.17, 15) is 13.2 Å². The van der Waals surface area contributed by atoms with Gasteiger partial charge in [-0.25, -0.2) is 13.1 Å². The molecule has 1 saturated carbocycles. The molecule has 0 bridgehead atoms. The first-order chi connectivity index (χ1) is 6.42. The Hall–Kier alpha value is -0.880. The van der Waals surface area contributed by atoms with Gasteiger partial charge in [-0.1, -0.05) is 6.08 Å². The number of aliphatic carboxylic acids is 1. The van der Waals surface area contributed by atoms with Crippen LogP contribution in [-0.4, -0.2) is 31.8 Å². The van der Waals surface area contributed by atoms with Crippen LogP contribution in [-0.2, 0) is 14.8 Å². The van der Waals surface area contributed by atoms with Gasteiger partial charge in [0.1, 0.15) is 0 Å². The number of carboxylic acids is 1. The highest BCUT2D eigenvalue weighted by molar-refractivity contribution is 7.89.